The van der Waals surface area contributed by atoms with Crippen molar-refractivity contribution < 1.29 is 9.36 Å². The normalized spacial score (nSPS) is 17.1. The molecule has 1 unspecified atom stereocenters. The van der Waals surface area contributed by atoms with Crippen LogP contribution in [0.4, 0.5) is 0 Å². The molecule has 1 atom stereocenters. The first-order valence-electron chi connectivity index (χ1n) is 9.78. The van der Waals surface area contributed by atoms with E-state index in [2.05, 4.69) is 22.2 Å². The van der Waals surface area contributed by atoms with E-state index in [0.29, 0.717) is 24.9 Å². The van der Waals surface area contributed by atoms with Crippen LogP contribution in [0.15, 0.2) is 33.9 Å². The summed E-state index contributed by atoms with van der Waals surface area (Å²) in [5, 5.41) is 15.8. The zero-order valence-corrected chi connectivity index (χ0v) is 16.5. The molecule has 28 heavy (non-hydrogen) atoms. The van der Waals surface area contributed by atoms with Gasteiger partial charge in [-0.25, -0.2) is 0 Å². The van der Waals surface area contributed by atoms with Gasteiger partial charge in [0.05, 0.1) is 11.6 Å². The Morgan fingerprint density at radius 3 is 2.82 bits per heavy atom. The van der Waals surface area contributed by atoms with Gasteiger partial charge >= 0.3 is 0 Å². The van der Waals surface area contributed by atoms with Gasteiger partial charge in [-0.2, -0.15) is 4.98 Å². The summed E-state index contributed by atoms with van der Waals surface area (Å²) in [5.74, 6) is 1.36. The first-order valence-corrected chi connectivity index (χ1v) is 9.78. The zero-order valence-electron chi connectivity index (χ0n) is 16.5. The molecule has 8 nitrogen and oxygen atoms in total. The predicted molar refractivity (Wildman–Crippen MR) is 108 cm³/mol. The van der Waals surface area contributed by atoms with Gasteiger partial charge in [-0.15, -0.1) is 0 Å². The maximum atomic E-state index is 7.53. The van der Waals surface area contributed by atoms with Crippen LogP contribution < -0.4 is 5.73 Å². The summed E-state index contributed by atoms with van der Waals surface area (Å²) in [7, 11) is 0. The van der Waals surface area contributed by atoms with E-state index >= 15 is 0 Å². The summed E-state index contributed by atoms with van der Waals surface area (Å²) in [6.45, 7) is 6.13. The van der Waals surface area contributed by atoms with Crippen molar-refractivity contribution >= 4 is 11.7 Å². The molecule has 0 amide bonds. The highest BCUT2D eigenvalue weighted by Crippen LogP contribution is 2.27. The zero-order chi connectivity index (χ0) is 19.9. The van der Waals surface area contributed by atoms with Gasteiger partial charge in [0, 0.05) is 18.7 Å². The number of oxime groups is 1. The van der Waals surface area contributed by atoms with Crippen LogP contribution in [0.25, 0.3) is 11.4 Å². The molecule has 8 heteroatoms. The Hall–Kier alpha value is -2.90. The van der Waals surface area contributed by atoms with Gasteiger partial charge in [-0.3, -0.25) is 5.41 Å². The smallest absolute Gasteiger partial charge is 0.231 e. The van der Waals surface area contributed by atoms with Gasteiger partial charge < -0.3 is 20.0 Å². The van der Waals surface area contributed by atoms with Crippen LogP contribution in [0.1, 0.15) is 56.9 Å². The van der Waals surface area contributed by atoms with Crippen LogP contribution in [0, 0.1) is 5.41 Å². The summed E-state index contributed by atoms with van der Waals surface area (Å²) >= 11 is 0. The predicted octanol–water partition coefficient (Wildman–Crippen LogP) is 3.35. The van der Waals surface area contributed by atoms with Crippen LogP contribution >= 0.6 is 0 Å². The van der Waals surface area contributed by atoms with Crippen molar-refractivity contribution in [2.75, 3.05) is 19.7 Å². The van der Waals surface area contributed by atoms with E-state index < -0.39 is 0 Å². The minimum atomic E-state index is 0.0872. The molecule has 1 aliphatic rings. The molecule has 1 aliphatic heterocycles. The summed E-state index contributed by atoms with van der Waals surface area (Å²) in [4.78, 5) is 11.7. The average Bonchev–Trinajstić information content (AvgIpc) is 3.37. The Kier molecular flexibility index (Phi) is 6.62. The number of hydrogen-bond donors (Lipinski definition) is 2. The molecule has 1 aromatic heterocycles. The minimum Gasteiger partial charge on any atom is -0.396 e. The largest absolute Gasteiger partial charge is 0.396 e. The number of nitrogens with two attached hydrogens (primary N) is 1. The fourth-order valence-corrected chi connectivity index (χ4v) is 3.17. The Morgan fingerprint density at radius 1 is 1.36 bits per heavy atom. The van der Waals surface area contributed by atoms with Crippen LogP contribution in [-0.2, 0) is 4.84 Å². The summed E-state index contributed by atoms with van der Waals surface area (Å²) in [5.41, 5.74) is 8.27. The van der Waals surface area contributed by atoms with E-state index in [1.807, 2.05) is 36.1 Å². The molecular weight excluding hydrogens is 356 g/mol. The summed E-state index contributed by atoms with van der Waals surface area (Å²) in [6.07, 6.45) is 4.20. The van der Waals surface area contributed by atoms with E-state index in [1.165, 1.54) is 6.42 Å². The lowest BCUT2D eigenvalue weighted by Gasteiger charge is -2.14. The molecule has 2 aromatic rings. The van der Waals surface area contributed by atoms with Gasteiger partial charge in [0.2, 0.25) is 11.7 Å². The van der Waals surface area contributed by atoms with Crippen LogP contribution in [0.2, 0.25) is 0 Å². The number of guanidine groups is 1. The van der Waals surface area contributed by atoms with Crippen molar-refractivity contribution in [2.45, 2.75) is 45.4 Å². The minimum absolute atomic E-state index is 0.0872. The van der Waals surface area contributed by atoms with E-state index in [9.17, 15) is 0 Å². The SMILES string of the molecule is CCCCCON=C(C)c1ccc(-c2noc(C3CCN(C(=N)N)C3)n2)cc1. The average molecular weight is 384 g/mol. The van der Waals surface area contributed by atoms with Gasteiger partial charge in [0.1, 0.15) is 6.61 Å². The van der Waals surface area contributed by atoms with Crippen molar-refractivity contribution in [1.29, 1.82) is 5.41 Å². The standard InChI is InChI=1S/C20H28N6O2/c1-3-4-5-12-27-24-14(2)15-6-8-16(9-7-15)18-23-19(28-25-18)17-10-11-26(13-17)20(21)22/h6-9,17H,3-5,10-13H2,1-2H3,(H3,21,22). The molecule has 1 fully saturated rings. The Bertz CT molecular complexity index is 814. The van der Waals surface area contributed by atoms with Crippen molar-refractivity contribution in [3.8, 4) is 11.4 Å². The molecule has 150 valence electrons. The maximum Gasteiger partial charge on any atom is 0.231 e. The number of rotatable bonds is 8. The molecule has 1 aromatic carbocycles. The van der Waals surface area contributed by atoms with Crippen molar-refractivity contribution in [3.05, 3.63) is 35.7 Å². The fourth-order valence-electron chi connectivity index (χ4n) is 3.17. The lowest BCUT2D eigenvalue weighted by atomic mass is 10.1. The quantitative estimate of drug-likeness (QED) is 0.312. The summed E-state index contributed by atoms with van der Waals surface area (Å²) < 4.78 is 5.45. The third kappa shape index (κ3) is 4.88. The fraction of sp³-hybridized carbons (Fsp3) is 0.500. The second-order valence-electron chi connectivity index (χ2n) is 7.07. The Labute approximate surface area is 165 Å². The van der Waals surface area contributed by atoms with Gasteiger partial charge in [-0.05, 0) is 25.3 Å². The number of hydrogen-bond acceptors (Lipinski definition) is 6. The molecule has 3 N–H and O–H groups in total. The first-order chi connectivity index (χ1) is 13.6. The van der Waals surface area contributed by atoms with Crippen LogP contribution in [-0.4, -0.2) is 46.4 Å². The van der Waals surface area contributed by atoms with Crippen molar-refractivity contribution in [1.82, 2.24) is 15.0 Å². The maximum absolute atomic E-state index is 7.53. The second-order valence-corrected chi connectivity index (χ2v) is 7.07. The number of nitrogens with one attached hydrogen (secondary N) is 1. The molecular formula is C20H28N6O2. The molecule has 0 spiro atoms. The number of aromatic nitrogens is 2. The van der Waals surface area contributed by atoms with E-state index in [0.717, 1.165) is 42.6 Å². The highest BCUT2D eigenvalue weighted by molar-refractivity contribution is 5.98. The van der Waals surface area contributed by atoms with Crippen LogP contribution in [0.3, 0.4) is 0 Å². The molecule has 3 rings (SSSR count). The number of unbranched alkanes of at least 4 members (excludes halogenated alkanes) is 2. The third-order valence-corrected chi connectivity index (χ3v) is 4.92. The number of benzene rings is 1. The third-order valence-electron chi connectivity index (χ3n) is 4.92. The van der Waals surface area contributed by atoms with Gasteiger partial charge in [0.15, 0.2) is 5.96 Å². The van der Waals surface area contributed by atoms with Crippen molar-refractivity contribution in [2.24, 2.45) is 10.9 Å². The Balaban J connectivity index is 1.60. The molecule has 1 saturated heterocycles. The molecule has 0 saturated carbocycles. The van der Waals surface area contributed by atoms with Crippen LogP contribution in [0.5, 0.6) is 0 Å². The highest BCUT2D eigenvalue weighted by atomic mass is 16.6. The highest BCUT2D eigenvalue weighted by Gasteiger charge is 2.29. The van der Waals surface area contributed by atoms with Gasteiger partial charge in [-0.1, -0.05) is 54.3 Å². The molecule has 0 aliphatic carbocycles. The lowest BCUT2D eigenvalue weighted by molar-refractivity contribution is 0.140. The first kappa shape index (κ1) is 19.9. The summed E-state index contributed by atoms with van der Waals surface area (Å²) in [6, 6.07) is 7.87. The Morgan fingerprint density at radius 2 is 2.14 bits per heavy atom. The van der Waals surface area contributed by atoms with Crippen molar-refractivity contribution in [3.63, 3.8) is 0 Å². The molecule has 0 radical (unpaired) electrons. The number of likely N-dealkylation sites (tertiary alicyclic amines) is 1. The molecule has 0 bridgehead atoms. The second kappa shape index (κ2) is 9.34. The monoisotopic (exact) mass is 384 g/mol. The van der Waals surface area contributed by atoms with E-state index in [4.69, 9.17) is 20.5 Å². The topological polar surface area (TPSA) is 114 Å². The number of nitrogens with zero attached hydrogens (tertiary/aromatic N) is 4. The van der Waals surface area contributed by atoms with E-state index in [-0.39, 0.29) is 11.9 Å². The lowest BCUT2D eigenvalue weighted by Crippen LogP contribution is -2.34. The van der Waals surface area contributed by atoms with Gasteiger partial charge in [0.25, 0.3) is 0 Å². The molecule has 2 heterocycles. The van der Waals surface area contributed by atoms with E-state index in [1.54, 1.807) is 0 Å².